The fourth-order valence-corrected chi connectivity index (χ4v) is 2.90. The number of para-hydroxylation sites is 1. The highest BCUT2D eigenvalue weighted by atomic mass is 15.6. The van der Waals surface area contributed by atoms with Gasteiger partial charge in [-0.3, -0.25) is 0 Å². The second-order valence-electron chi connectivity index (χ2n) is 5.48. The zero-order chi connectivity index (χ0) is 14.9. The van der Waals surface area contributed by atoms with Crippen LogP contribution >= 0.6 is 0 Å². The molecule has 0 spiro atoms. The molecule has 1 saturated heterocycles. The Morgan fingerprint density at radius 2 is 1.68 bits per heavy atom. The molecule has 22 heavy (non-hydrogen) atoms. The summed E-state index contributed by atoms with van der Waals surface area (Å²) in [5.74, 6) is 0.921. The first-order chi connectivity index (χ1) is 10.8. The van der Waals surface area contributed by atoms with E-state index in [0.29, 0.717) is 5.65 Å². The van der Waals surface area contributed by atoms with Gasteiger partial charge in [-0.2, -0.15) is 0 Å². The maximum absolute atomic E-state index is 4.46. The Morgan fingerprint density at radius 3 is 2.50 bits per heavy atom. The summed E-state index contributed by atoms with van der Waals surface area (Å²) in [5, 5.41) is 15.8. The van der Waals surface area contributed by atoms with Crippen LogP contribution in [0.3, 0.4) is 0 Å². The molecule has 4 rings (SSSR count). The SMILES string of the molecule is Cc1ccccc1N1CCN(c2ccc3nnnn3n2)CC1. The van der Waals surface area contributed by atoms with E-state index in [9.17, 15) is 0 Å². The third kappa shape index (κ3) is 2.24. The Bertz CT molecular complexity index is 789. The molecule has 0 unspecified atom stereocenters. The van der Waals surface area contributed by atoms with Crippen LogP contribution in [-0.4, -0.2) is 51.4 Å². The van der Waals surface area contributed by atoms with Gasteiger partial charge >= 0.3 is 0 Å². The first kappa shape index (κ1) is 13.0. The third-order valence-corrected chi connectivity index (χ3v) is 4.12. The summed E-state index contributed by atoms with van der Waals surface area (Å²) in [5.41, 5.74) is 3.32. The smallest absolute Gasteiger partial charge is 0.200 e. The fraction of sp³-hybridized carbons (Fsp3) is 0.333. The number of aryl methyl sites for hydroxylation is 1. The van der Waals surface area contributed by atoms with Gasteiger partial charge in [0.05, 0.1) is 0 Å². The van der Waals surface area contributed by atoms with Crippen LogP contribution in [0.25, 0.3) is 5.65 Å². The zero-order valence-electron chi connectivity index (χ0n) is 12.4. The van der Waals surface area contributed by atoms with Gasteiger partial charge in [0.2, 0.25) is 0 Å². The van der Waals surface area contributed by atoms with Crippen molar-refractivity contribution in [2.45, 2.75) is 6.92 Å². The molecule has 0 saturated carbocycles. The Labute approximate surface area is 128 Å². The summed E-state index contributed by atoms with van der Waals surface area (Å²) in [6.07, 6.45) is 0. The summed E-state index contributed by atoms with van der Waals surface area (Å²) < 4.78 is 1.48. The highest BCUT2D eigenvalue weighted by Crippen LogP contribution is 2.22. The predicted octanol–water partition coefficient (Wildman–Crippen LogP) is 1.15. The van der Waals surface area contributed by atoms with Gasteiger partial charge < -0.3 is 9.80 Å². The highest BCUT2D eigenvalue weighted by molar-refractivity contribution is 5.55. The first-order valence-corrected chi connectivity index (χ1v) is 7.42. The van der Waals surface area contributed by atoms with Crippen LogP contribution in [-0.2, 0) is 0 Å². The summed E-state index contributed by atoms with van der Waals surface area (Å²) in [6, 6.07) is 12.4. The quantitative estimate of drug-likeness (QED) is 0.707. The molecule has 3 aromatic rings. The fourth-order valence-electron chi connectivity index (χ4n) is 2.90. The first-order valence-electron chi connectivity index (χ1n) is 7.42. The average Bonchev–Trinajstić information content (AvgIpc) is 3.03. The largest absolute Gasteiger partial charge is 0.368 e. The number of tetrazole rings is 1. The molecule has 0 bridgehead atoms. The summed E-state index contributed by atoms with van der Waals surface area (Å²) in [7, 11) is 0. The van der Waals surface area contributed by atoms with E-state index in [4.69, 9.17) is 0 Å². The number of benzene rings is 1. The van der Waals surface area contributed by atoms with E-state index in [1.54, 1.807) is 0 Å². The van der Waals surface area contributed by atoms with Crippen LogP contribution in [0.1, 0.15) is 5.56 Å². The number of anilines is 2. The van der Waals surface area contributed by atoms with Crippen molar-refractivity contribution in [3.05, 3.63) is 42.0 Å². The predicted molar refractivity (Wildman–Crippen MR) is 84.2 cm³/mol. The monoisotopic (exact) mass is 295 g/mol. The van der Waals surface area contributed by atoms with Gasteiger partial charge in [0.15, 0.2) is 11.5 Å². The molecule has 7 nitrogen and oxygen atoms in total. The summed E-state index contributed by atoms with van der Waals surface area (Å²) in [4.78, 5) is 4.71. The highest BCUT2D eigenvalue weighted by Gasteiger charge is 2.19. The van der Waals surface area contributed by atoms with Gasteiger partial charge in [-0.25, -0.2) is 0 Å². The Hall–Kier alpha value is -2.70. The number of aromatic nitrogens is 5. The second kappa shape index (κ2) is 5.25. The van der Waals surface area contributed by atoms with E-state index >= 15 is 0 Å². The summed E-state index contributed by atoms with van der Waals surface area (Å²) >= 11 is 0. The van der Waals surface area contributed by atoms with Gasteiger partial charge in [0.1, 0.15) is 0 Å². The Balaban J connectivity index is 1.50. The standard InChI is InChI=1S/C15H17N7/c1-12-4-2-3-5-13(12)20-8-10-21(11-9-20)15-7-6-14-16-18-19-22(14)17-15/h2-7H,8-11H2,1H3. The molecule has 0 amide bonds. The number of hydrogen-bond acceptors (Lipinski definition) is 6. The van der Waals surface area contributed by atoms with Crippen molar-refractivity contribution in [2.75, 3.05) is 36.0 Å². The van der Waals surface area contributed by atoms with Gasteiger partial charge in [0.25, 0.3) is 0 Å². The molecule has 0 N–H and O–H groups in total. The number of rotatable bonds is 2. The van der Waals surface area contributed by atoms with Crippen LogP contribution in [0, 0.1) is 6.92 Å². The van der Waals surface area contributed by atoms with E-state index in [-0.39, 0.29) is 0 Å². The van der Waals surface area contributed by atoms with Crippen molar-refractivity contribution < 1.29 is 0 Å². The van der Waals surface area contributed by atoms with Crippen LogP contribution in [0.4, 0.5) is 11.5 Å². The minimum atomic E-state index is 0.669. The van der Waals surface area contributed by atoms with Crippen LogP contribution in [0.5, 0.6) is 0 Å². The minimum absolute atomic E-state index is 0.669. The van der Waals surface area contributed by atoms with E-state index in [1.165, 1.54) is 15.9 Å². The van der Waals surface area contributed by atoms with E-state index < -0.39 is 0 Å². The molecule has 112 valence electrons. The van der Waals surface area contributed by atoms with Gasteiger partial charge in [-0.15, -0.1) is 14.8 Å². The molecule has 2 aromatic heterocycles. The minimum Gasteiger partial charge on any atom is -0.368 e. The Morgan fingerprint density at radius 1 is 0.909 bits per heavy atom. The van der Waals surface area contributed by atoms with E-state index in [0.717, 1.165) is 32.0 Å². The maximum Gasteiger partial charge on any atom is 0.200 e. The number of nitrogens with zero attached hydrogens (tertiary/aromatic N) is 7. The molecular weight excluding hydrogens is 278 g/mol. The molecular formula is C15H17N7. The molecule has 1 aliphatic rings. The molecule has 7 heteroatoms. The number of fused-ring (bicyclic) bond motifs is 1. The van der Waals surface area contributed by atoms with Crippen molar-refractivity contribution in [1.29, 1.82) is 0 Å². The van der Waals surface area contributed by atoms with Gasteiger partial charge in [-0.05, 0) is 41.1 Å². The molecule has 0 aliphatic carbocycles. The zero-order valence-corrected chi connectivity index (χ0v) is 12.4. The lowest BCUT2D eigenvalue weighted by Crippen LogP contribution is -2.47. The third-order valence-electron chi connectivity index (χ3n) is 4.12. The van der Waals surface area contributed by atoms with Crippen molar-refractivity contribution in [3.8, 4) is 0 Å². The van der Waals surface area contributed by atoms with E-state index in [2.05, 4.69) is 61.6 Å². The topological polar surface area (TPSA) is 62.5 Å². The lowest BCUT2D eigenvalue weighted by atomic mass is 10.1. The maximum atomic E-state index is 4.46. The molecule has 3 heterocycles. The van der Waals surface area contributed by atoms with Gasteiger partial charge in [-0.1, -0.05) is 18.2 Å². The number of piperazine rings is 1. The van der Waals surface area contributed by atoms with E-state index in [1.807, 2.05) is 12.1 Å². The molecule has 0 atom stereocenters. The lowest BCUT2D eigenvalue weighted by molar-refractivity contribution is 0.632. The van der Waals surface area contributed by atoms with Crippen molar-refractivity contribution in [3.63, 3.8) is 0 Å². The normalized spacial score (nSPS) is 15.5. The van der Waals surface area contributed by atoms with Crippen LogP contribution in [0.2, 0.25) is 0 Å². The van der Waals surface area contributed by atoms with Crippen LogP contribution < -0.4 is 9.80 Å². The molecule has 1 aliphatic heterocycles. The van der Waals surface area contributed by atoms with Crippen molar-refractivity contribution in [2.24, 2.45) is 0 Å². The number of hydrogen-bond donors (Lipinski definition) is 0. The lowest BCUT2D eigenvalue weighted by Gasteiger charge is -2.37. The summed E-state index contributed by atoms with van der Waals surface area (Å²) in [6.45, 7) is 6.01. The molecule has 1 aromatic carbocycles. The average molecular weight is 295 g/mol. The Kier molecular flexibility index (Phi) is 3.10. The van der Waals surface area contributed by atoms with Crippen molar-refractivity contribution in [1.82, 2.24) is 25.3 Å². The van der Waals surface area contributed by atoms with Gasteiger partial charge in [0, 0.05) is 31.9 Å². The second-order valence-corrected chi connectivity index (χ2v) is 5.48. The molecule has 1 fully saturated rings. The molecule has 0 radical (unpaired) electrons. The van der Waals surface area contributed by atoms with Crippen LogP contribution in [0.15, 0.2) is 36.4 Å². The van der Waals surface area contributed by atoms with Crippen molar-refractivity contribution >= 4 is 17.2 Å².